The molecule has 5 heteroatoms. The average Bonchev–Trinajstić information content (AvgIpc) is 3.49. The third-order valence-corrected chi connectivity index (χ3v) is 9.13. The molecule has 0 saturated carbocycles. The van der Waals surface area contributed by atoms with E-state index in [-0.39, 0.29) is 19.0 Å². The van der Waals surface area contributed by atoms with Crippen LogP contribution < -0.4 is 4.74 Å². The predicted octanol–water partition coefficient (Wildman–Crippen LogP) is 8.83. The quantitative estimate of drug-likeness (QED) is 0.239. The van der Waals surface area contributed by atoms with E-state index in [1.165, 1.54) is 40.3 Å². The topological polar surface area (TPSA) is 49.7 Å². The van der Waals surface area contributed by atoms with Crippen molar-refractivity contribution in [3.63, 3.8) is 0 Å². The van der Waals surface area contributed by atoms with Crippen LogP contribution in [0.5, 0.6) is 11.5 Å². The van der Waals surface area contributed by atoms with Gasteiger partial charge in [-0.15, -0.1) is 22.7 Å². The second kappa shape index (κ2) is 8.89. The van der Waals surface area contributed by atoms with Crippen molar-refractivity contribution in [3.05, 3.63) is 97.1 Å². The van der Waals surface area contributed by atoms with Gasteiger partial charge in [-0.25, -0.2) is 0 Å². The van der Waals surface area contributed by atoms with Crippen LogP contribution in [0, 0.1) is 0 Å². The van der Waals surface area contributed by atoms with Gasteiger partial charge in [0.25, 0.3) is 0 Å². The van der Waals surface area contributed by atoms with Crippen molar-refractivity contribution in [2.24, 2.45) is 0 Å². The van der Waals surface area contributed by atoms with Crippen LogP contribution in [-0.4, -0.2) is 23.4 Å². The smallest absolute Gasteiger partial charge is 0.128 e. The Balaban J connectivity index is 1.39. The van der Waals surface area contributed by atoms with Crippen molar-refractivity contribution >= 4 is 63.0 Å². The molecule has 0 aliphatic rings. The first-order chi connectivity index (χ1) is 18.2. The molecular formula is C32H22O3S2. The highest BCUT2D eigenvalue weighted by Crippen LogP contribution is 2.44. The molecule has 3 nitrogen and oxygen atoms in total. The Kier molecular flexibility index (Phi) is 5.36. The summed E-state index contributed by atoms with van der Waals surface area (Å²) in [5.41, 5.74) is 3.39. The zero-order valence-corrected chi connectivity index (χ0v) is 21.4. The number of aliphatic hydroxyl groups excluding tert-OH is 1. The molecular weight excluding hydrogens is 496 g/mol. The molecule has 0 spiro atoms. The summed E-state index contributed by atoms with van der Waals surface area (Å²) in [4.78, 5) is 0. The number of ether oxygens (including phenoxy) is 1. The summed E-state index contributed by atoms with van der Waals surface area (Å²) in [5.74, 6) is 0.830. The largest absolute Gasteiger partial charge is 0.507 e. The van der Waals surface area contributed by atoms with Crippen LogP contribution in [0.1, 0.15) is 0 Å². The third kappa shape index (κ3) is 3.75. The molecule has 180 valence electrons. The number of phenolic OH excluding ortho intramolecular Hbond substituents is 1. The monoisotopic (exact) mass is 518 g/mol. The van der Waals surface area contributed by atoms with Gasteiger partial charge in [0.05, 0.1) is 6.61 Å². The van der Waals surface area contributed by atoms with E-state index in [1.807, 2.05) is 12.1 Å². The normalized spacial score (nSPS) is 11.7. The van der Waals surface area contributed by atoms with Crippen molar-refractivity contribution in [1.82, 2.24) is 0 Å². The first kappa shape index (κ1) is 22.3. The van der Waals surface area contributed by atoms with Crippen LogP contribution in [0.3, 0.4) is 0 Å². The lowest BCUT2D eigenvalue weighted by molar-refractivity contribution is 0.202. The molecule has 2 aromatic heterocycles. The number of aromatic hydroxyl groups is 1. The van der Waals surface area contributed by atoms with Gasteiger partial charge in [0.2, 0.25) is 0 Å². The summed E-state index contributed by atoms with van der Waals surface area (Å²) in [6.07, 6.45) is 0. The number of phenols is 1. The van der Waals surface area contributed by atoms with Crippen LogP contribution in [0.25, 0.3) is 62.6 Å². The van der Waals surface area contributed by atoms with Crippen molar-refractivity contribution < 1.29 is 14.9 Å². The van der Waals surface area contributed by atoms with Crippen LogP contribution in [-0.2, 0) is 0 Å². The predicted molar refractivity (Wildman–Crippen MR) is 157 cm³/mol. The summed E-state index contributed by atoms with van der Waals surface area (Å²) in [6.45, 7) is 0.0890. The highest BCUT2D eigenvalue weighted by molar-refractivity contribution is 7.26. The van der Waals surface area contributed by atoms with Gasteiger partial charge in [0.15, 0.2) is 0 Å². The first-order valence-electron chi connectivity index (χ1n) is 12.1. The van der Waals surface area contributed by atoms with Crippen LogP contribution in [0.2, 0.25) is 0 Å². The van der Waals surface area contributed by atoms with Gasteiger partial charge in [0.1, 0.15) is 18.1 Å². The Bertz CT molecular complexity index is 1950. The molecule has 0 atom stereocenters. The molecule has 0 unspecified atom stereocenters. The van der Waals surface area contributed by atoms with Gasteiger partial charge in [-0.2, -0.15) is 0 Å². The molecule has 7 rings (SSSR count). The van der Waals surface area contributed by atoms with Crippen LogP contribution in [0.15, 0.2) is 97.1 Å². The molecule has 2 N–H and O–H groups in total. The number of rotatable bonds is 5. The number of hydrogen-bond acceptors (Lipinski definition) is 5. The Morgan fingerprint density at radius 2 is 1.11 bits per heavy atom. The molecule has 0 aliphatic carbocycles. The number of benzene rings is 5. The lowest BCUT2D eigenvalue weighted by Crippen LogP contribution is -2.03. The van der Waals surface area contributed by atoms with Crippen molar-refractivity contribution in [2.75, 3.05) is 13.2 Å². The number of aliphatic hydroxyl groups is 1. The van der Waals surface area contributed by atoms with Gasteiger partial charge in [-0.3, -0.25) is 0 Å². The summed E-state index contributed by atoms with van der Waals surface area (Å²) in [5, 5.41) is 25.5. The van der Waals surface area contributed by atoms with Gasteiger partial charge >= 0.3 is 0 Å². The van der Waals surface area contributed by atoms with E-state index in [9.17, 15) is 10.2 Å². The highest BCUT2D eigenvalue weighted by atomic mass is 32.1. The highest BCUT2D eigenvalue weighted by Gasteiger charge is 2.16. The third-order valence-electron chi connectivity index (χ3n) is 6.82. The molecule has 37 heavy (non-hydrogen) atoms. The van der Waals surface area contributed by atoms with Gasteiger partial charge < -0.3 is 14.9 Å². The number of fused-ring (bicyclic) bond motifs is 6. The molecule has 5 aromatic carbocycles. The van der Waals surface area contributed by atoms with Gasteiger partial charge in [-0.1, -0.05) is 48.5 Å². The van der Waals surface area contributed by atoms with E-state index >= 15 is 0 Å². The molecule has 0 aliphatic heterocycles. The SMILES string of the molecule is OCCOc1cc(-c2ccc3sc4ccccc4c3c2)c(O)cc1-c1ccc2sc3ccccc3c2c1. The fraction of sp³-hybridized carbons (Fsp3) is 0.0625. The Morgan fingerprint density at radius 3 is 1.70 bits per heavy atom. The van der Waals surface area contributed by atoms with E-state index in [4.69, 9.17) is 4.74 Å². The molecule has 0 amide bonds. The minimum atomic E-state index is -0.0866. The van der Waals surface area contributed by atoms with E-state index in [0.717, 1.165) is 16.7 Å². The van der Waals surface area contributed by atoms with Crippen LogP contribution >= 0.6 is 22.7 Å². The number of hydrogen-bond donors (Lipinski definition) is 2. The lowest BCUT2D eigenvalue weighted by Gasteiger charge is -2.15. The van der Waals surface area contributed by atoms with Crippen molar-refractivity contribution in [2.45, 2.75) is 0 Å². The first-order valence-corrected chi connectivity index (χ1v) is 13.8. The summed E-state index contributed by atoms with van der Waals surface area (Å²) >= 11 is 3.55. The zero-order chi connectivity index (χ0) is 24.9. The van der Waals surface area contributed by atoms with Gasteiger partial charge in [0, 0.05) is 51.5 Å². The maximum atomic E-state index is 11.2. The standard InChI is InChI=1S/C32H22O3S2/c33-13-14-35-28-18-23(19-9-11-31-25(15-19)21-5-1-3-7-29(21)36-31)27(34)17-24(28)20-10-12-32-26(16-20)22-6-2-4-8-30(22)37-32/h1-12,15-18,33-34H,13-14H2. The second-order valence-electron chi connectivity index (χ2n) is 9.06. The van der Waals surface area contributed by atoms with E-state index in [0.29, 0.717) is 11.3 Å². The Hall–Kier alpha value is -3.90. The summed E-state index contributed by atoms with van der Waals surface area (Å²) in [7, 11) is 0. The Morgan fingerprint density at radius 1 is 0.568 bits per heavy atom. The maximum Gasteiger partial charge on any atom is 0.128 e. The summed E-state index contributed by atoms with van der Waals surface area (Å²) in [6, 6.07) is 33.2. The molecule has 0 fully saturated rings. The average molecular weight is 519 g/mol. The van der Waals surface area contributed by atoms with Crippen LogP contribution in [0.4, 0.5) is 0 Å². The molecule has 2 heterocycles. The molecule has 0 bridgehead atoms. The van der Waals surface area contributed by atoms with Crippen molar-refractivity contribution in [3.8, 4) is 33.8 Å². The molecule has 7 aromatic rings. The zero-order valence-electron chi connectivity index (χ0n) is 19.8. The lowest BCUT2D eigenvalue weighted by atomic mass is 9.96. The van der Waals surface area contributed by atoms with E-state index < -0.39 is 0 Å². The van der Waals surface area contributed by atoms with Gasteiger partial charge in [-0.05, 0) is 59.7 Å². The number of thiophene rings is 2. The fourth-order valence-electron chi connectivity index (χ4n) is 5.09. The minimum absolute atomic E-state index is 0.0866. The van der Waals surface area contributed by atoms with E-state index in [2.05, 4.69) is 78.9 Å². The summed E-state index contributed by atoms with van der Waals surface area (Å²) < 4.78 is 11.0. The Labute approximate surface area is 221 Å². The van der Waals surface area contributed by atoms with Crippen molar-refractivity contribution in [1.29, 1.82) is 0 Å². The minimum Gasteiger partial charge on any atom is -0.507 e. The van der Waals surface area contributed by atoms with E-state index in [1.54, 1.807) is 28.7 Å². The second-order valence-corrected chi connectivity index (χ2v) is 11.2. The fourth-order valence-corrected chi connectivity index (χ4v) is 7.26. The maximum absolute atomic E-state index is 11.2. The molecule has 0 saturated heterocycles. The molecule has 0 radical (unpaired) electrons.